The lowest BCUT2D eigenvalue weighted by molar-refractivity contribution is 0.0256. The molecule has 2 heterocycles. The number of hydrogen-bond donors (Lipinski definition) is 1. The van der Waals surface area contributed by atoms with E-state index < -0.39 is 0 Å². The highest BCUT2D eigenvalue weighted by atomic mass is 16.5. The van der Waals surface area contributed by atoms with E-state index in [9.17, 15) is 0 Å². The molecule has 0 aliphatic carbocycles. The van der Waals surface area contributed by atoms with Crippen LogP contribution >= 0.6 is 0 Å². The third kappa shape index (κ3) is 3.23. The van der Waals surface area contributed by atoms with E-state index in [0.29, 0.717) is 12.0 Å². The van der Waals surface area contributed by atoms with Gasteiger partial charge in [0.05, 0.1) is 20.4 Å². The molecule has 0 aromatic heterocycles. The summed E-state index contributed by atoms with van der Waals surface area (Å²) < 4.78 is 11.1. The van der Waals surface area contributed by atoms with Gasteiger partial charge in [0, 0.05) is 38.9 Å². The van der Waals surface area contributed by atoms with Crippen LogP contribution in [0.2, 0.25) is 0 Å². The molecule has 1 saturated heterocycles. The average molecular weight is 382 g/mol. The standard InChI is InChI=1S/C23H31N3O2/c1-15-14-24-23(16-6-8-18(9-7-16)25(2)3)26-11-10-17-12-20(27-4)21(28-5)13-19(17)22(15)26/h6-9,12-13,15,22-24H,10-11,14H2,1-5H3/t15-,22-,23-/m1/s1. The molecule has 4 rings (SSSR count). The highest BCUT2D eigenvalue weighted by Gasteiger charge is 2.40. The second-order valence-electron chi connectivity index (χ2n) is 8.11. The summed E-state index contributed by atoms with van der Waals surface area (Å²) in [7, 11) is 7.58. The van der Waals surface area contributed by atoms with Gasteiger partial charge in [-0.05, 0) is 53.3 Å². The molecule has 0 radical (unpaired) electrons. The normalized spacial score (nSPS) is 24.2. The predicted octanol–water partition coefficient (Wildman–Crippen LogP) is 3.61. The number of nitrogens with one attached hydrogen (secondary N) is 1. The Bertz CT molecular complexity index is 834. The first kappa shape index (κ1) is 19.1. The van der Waals surface area contributed by atoms with Crippen molar-refractivity contribution in [1.29, 1.82) is 0 Å². The van der Waals surface area contributed by atoms with E-state index in [4.69, 9.17) is 9.47 Å². The second-order valence-corrected chi connectivity index (χ2v) is 8.11. The van der Waals surface area contributed by atoms with Gasteiger partial charge >= 0.3 is 0 Å². The van der Waals surface area contributed by atoms with Crippen molar-refractivity contribution in [3.63, 3.8) is 0 Å². The summed E-state index contributed by atoms with van der Waals surface area (Å²) in [5, 5.41) is 3.77. The molecule has 0 bridgehead atoms. The molecule has 0 saturated carbocycles. The van der Waals surface area contributed by atoms with Crippen LogP contribution in [0.15, 0.2) is 36.4 Å². The largest absolute Gasteiger partial charge is 0.493 e. The molecular formula is C23H31N3O2. The molecule has 2 aliphatic heterocycles. The minimum absolute atomic E-state index is 0.235. The highest BCUT2D eigenvalue weighted by Crippen LogP contribution is 2.45. The van der Waals surface area contributed by atoms with Gasteiger partial charge in [-0.1, -0.05) is 19.1 Å². The monoisotopic (exact) mass is 381 g/mol. The van der Waals surface area contributed by atoms with Crippen LogP contribution in [-0.2, 0) is 6.42 Å². The number of methoxy groups -OCH3 is 2. The van der Waals surface area contributed by atoms with Gasteiger partial charge in [-0.2, -0.15) is 0 Å². The number of hydrogen-bond acceptors (Lipinski definition) is 5. The fourth-order valence-electron chi connectivity index (χ4n) is 4.71. The van der Waals surface area contributed by atoms with Gasteiger partial charge in [0.2, 0.25) is 0 Å². The van der Waals surface area contributed by atoms with Crippen molar-refractivity contribution in [3.8, 4) is 11.5 Å². The van der Waals surface area contributed by atoms with Crippen LogP contribution in [0.5, 0.6) is 11.5 Å². The zero-order valence-corrected chi connectivity index (χ0v) is 17.5. The third-order valence-electron chi connectivity index (χ3n) is 6.19. The summed E-state index contributed by atoms with van der Waals surface area (Å²) in [6, 6.07) is 13.7. The molecule has 2 aromatic carbocycles. The number of nitrogens with zero attached hydrogens (tertiary/aromatic N) is 2. The second kappa shape index (κ2) is 7.64. The van der Waals surface area contributed by atoms with Crippen molar-refractivity contribution in [2.75, 3.05) is 46.3 Å². The molecule has 0 unspecified atom stereocenters. The Balaban J connectivity index is 1.69. The Morgan fingerprint density at radius 3 is 2.36 bits per heavy atom. The average Bonchev–Trinajstić information content (AvgIpc) is 2.72. The summed E-state index contributed by atoms with van der Waals surface area (Å²) in [6.45, 7) is 4.36. The van der Waals surface area contributed by atoms with Crippen LogP contribution in [0, 0.1) is 5.92 Å². The number of benzene rings is 2. The molecule has 2 aliphatic rings. The molecule has 0 amide bonds. The number of anilines is 1. The summed E-state index contributed by atoms with van der Waals surface area (Å²) in [5.74, 6) is 2.17. The smallest absolute Gasteiger partial charge is 0.161 e. The van der Waals surface area contributed by atoms with Gasteiger partial charge in [-0.25, -0.2) is 0 Å². The minimum atomic E-state index is 0.235. The maximum absolute atomic E-state index is 5.60. The van der Waals surface area contributed by atoms with Crippen LogP contribution in [0.1, 0.15) is 35.8 Å². The molecule has 1 N–H and O–H groups in total. The Kier molecular flexibility index (Phi) is 5.21. The molecule has 5 heteroatoms. The Morgan fingerprint density at radius 2 is 1.71 bits per heavy atom. The fourth-order valence-corrected chi connectivity index (χ4v) is 4.71. The molecule has 2 aromatic rings. The summed E-state index contributed by atoms with van der Waals surface area (Å²) in [5.41, 5.74) is 5.32. The van der Waals surface area contributed by atoms with Gasteiger partial charge in [0.1, 0.15) is 0 Å². The molecule has 5 nitrogen and oxygen atoms in total. The fraction of sp³-hybridized carbons (Fsp3) is 0.478. The van der Waals surface area contributed by atoms with E-state index in [1.165, 1.54) is 22.4 Å². The van der Waals surface area contributed by atoms with Crippen LogP contribution < -0.4 is 19.7 Å². The maximum Gasteiger partial charge on any atom is 0.161 e. The number of ether oxygens (including phenoxy) is 2. The van der Waals surface area contributed by atoms with E-state index in [-0.39, 0.29) is 6.17 Å². The predicted molar refractivity (Wildman–Crippen MR) is 113 cm³/mol. The minimum Gasteiger partial charge on any atom is -0.493 e. The first-order chi connectivity index (χ1) is 13.5. The van der Waals surface area contributed by atoms with Crippen LogP contribution in [0.3, 0.4) is 0 Å². The van der Waals surface area contributed by atoms with Crippen LogP contribution in [0.4, 0.5) is 5.69 Å². The Labute approximate surface area is 168 Å². The first-order valence-corrected chi connectivity index (χ1v) is 10.0. The van der Waals surface area contributed by atoms with E-state index in [0.717, 1.165) is 31.0 Å². The van der Waals surface area contributed by atoms with Crippen molar-refractivity contribution >= 4 is 5.69 Å². The summed E-state index contributed by atoms with van der Waals surface area (Å²) in [6.07, 6.45) is 1.26. The zero-order chi connectivity index (χ0) is 19.8. The SMILES string of the molecule is COc1cc2c(cc1OC)[C@H]1[C@H](C)CN[C@@H](c3ccc(N(C)C)cc3)N1CC2. The van der Waals surface area contributed by atoms with Gasteiger partial charge < -0.3 is 14.4 Å². The quantitative estimate of drug-likeness (QED) is 0.876. The van der Waals surface area contributed by atoms with Gasteiger partial charge in [0.25, 0.3) is 0 Å². The van der Waals surface area contributed by atoms with E-state index >= 15 is 0 Å². The topological polar surface area (TPSA) is 37.0 Å². The Hall–Kier alpha value is -2.24. The van der Waals surface area contributed by atoms with Crippen molar-refractivity contribution in [2.45, 2.75) is 25.6 Å². The van der Waals surface area contributed by atoms with Gasteiger partial charge in [-0.15, -0.1) is 0 Å². The Morgan fingerprint density at radius 1 is 1.04 bits per heavy atom. The lowest BCUT2D eigenvalue weighted by atomic mass is 9.82. The molecule has 0 spiro atoms. The number of fused-ring (bicyclic) bond motifs is 3. The van der Waals surface area contributed by atoms with E-state index in [2.05, 4.69) is 72.5 Å². The van der Waals surface area contributed by atoms with Crippen molar-refractivity contribution in [3.05, 3.63) is 53.1 Å². The lowest BCUT2D eigenvalue weighted by Crippen LogP contribution is -2.53. The number of rotatable bonds is 4. The van der Waals surface area contributed by atoms with E-state index in [1.54, 1.807) is 14.2 Å². The lowest BCUT2D eigenvalue weighted by Gasteiger charge is -2.49. The summed E-state index contributed by atoms with van der Waals surface area (Å²) >= 11 is 0. The molecule has 3 atom stereocenters. The van der Waals surface area contributed by atoms with E-state index in [1.807, 2.05) is 0 Å². The molecule has 28 heavy (non-hydrogen) atoms. The van der Waals surface area contributed by atoms with Gasteiger partial charge in [0.15, 0.2) is 11.5 Å². The molecular weight excluding hydrogens is 350 g/mol. The van der Waals surface area contributed by atoms with Crippen molar-refractivity contribution in [2.24, 2.45) is 5.92 Å². The maximum atomic E-state index is 5.60. The third-order valence-corrected chi connectivity index (χ3v) is 6.19. The molecule has 150 valence electrons. The summed E-state index contributed by atoms with van der Waals surface area (Å²) in [4.78, 5) is 4.76. The van der Waals surface area contributed by atoms with Crippen molar-refractivity contribution < 1.29 is 9.47 Å². The molecule has 1 fully saturated rings. The van der Waals surface area contributed by atoms with Crippen LogP contribution in [-0.4, -0.2) is 46.3 Å². The van der Waals surface area contributed by atoms with Crippen LogP contribution in [0.25, 0.3) is 0 Å². The highest BCUT2D eigenvalue weighted by molar-refractivity contribution is 5.50. The zero-order valence-electron chi connectivity index (χ0n) is 17.5. The van der Waals surface area contributed by atoms with Gasteiger partial charge in [-0.3, -0.25) is 10.2 Å². The van der Waals surface area contributed by atoms with Crippen molar-refractivity contribution in [1.82, 2.24) is 10.2 Å². The first-order valence-electron chi connectivity index (χ1n) is 10.0.